The Hall–Kier alpha value is -3.60. The number of fused-ring (bicyclic) bond motifs is 1. The monoisotopic (exact) mass is 477 g/mol. The van der Waals surface area contributed by atoms with E-state index in [2.05, 4.69) is 46.7 Å². The molecule has 0 unspecified atom stereocenters. The number of aryl methyl sites for hydroxylation is 1. The third-order valence-corrected chi connectivity index (χ3v) is 9.11. The minimum atomic E-state index is -0.959. The highest BCUT2D eigenvalue weighted by atomic mass is 16.4. The first kappa shape index (κ1) is 21.7. The first-order chi connectivity index (χ1) is 17.5. The number of rotatable bonds is 5. The van der Waals surface area contributed by atoms with Gasteiger partial charge >= 0.3 is 5.97 Å². The Labute approximate surface area is 211 Å². The Morgan fingerprint density at radius 3 is 2.06 bits per heavy atom. The summed E-state index contributed by atoms with van der Waals surface area (Å²) in [7, 11) is 1.92. The van der Waals surface area contributed by atoms with E-state index >= 15 is 0 Å². The second kappa shape index (κ2) is 7.95. The summed E-state index contributed by atoms with van der Waals surface area (Å²) < 4.78 is 1.95. The van der Waals surface area contributed by atoms with Crippen LogP contribution in [0.1, 0.15) is 54.4 Å². The van der Waals surface area contributed by atoms with E-state index in [1.54, 1.807) is 17.7 Å². The standard InChI is InChI=1S/C31H31N3O2/c1-34-27-4-2-3-26(30(35)36)28(27)33-29(34)22-5-9-24(10-6-22)32-25-11-7-23(8-12-25)31-16-19-13-20(17-31)15-21(14-19)18-31/h2-12,19-21,32H,13-18H2,1H3,(H,35,36). The SMILES string of the molecule is Cn1c(-c2ccc(Nc3ccc(C45CC6CC(CC(C6)C4)C5)cc3)cc2)nc2c(C(=O)O)cccc21. The van der Waals surface area contributed by atoms with Crippen molar-refractivity contribution in [3.05, 3.63) is 77.9 Å². The lowest BCUT2D eigenvalue weighted by Gasteiger charge is -2.57. The maximum atomic E-state index is 11.6. The molecule has 0 atom stereocenters. The summed E-state index contributed by atoms with van der Waals surface area (Å²) >= 11 is 0. The van der Waals surface area contributed by atoms with Crippen LogP contribution in [0.15, 0.2) is 66.7 Å². The first-order valence-electron chi connectivity index (χ1n) is 13.1. The quantitative estimate of drug-likeness (QED) is 0.320. The van der Waals surface area contributed by atoms with Gasteiger partial charge in [0, 0.05) is 24.0 Å². The van der Waals surface area contributed by atoms with Crippen molar-refractivity contribution in [3.8, 4) is 11.4 Å². The van der Waals surface area contributed by atoms with Crippen molar-refractivity contribution >= 4 is 28.4 Å². The van der Waals surface area contributed by atoms with Crippen LogP contribution in [0, 0.1) is 17.8 Å². The minimum Gasteiger partial charge on any atom is -0.478 e. The third kappa shape index (κ3) is 3.44. The van der Waals surface area contributed by atoms with Crippen molar-refractivity contribution in [1.82, 2.24) is 9.55 Å². The van der Waals surface area contributed by atoms with E-state index in [1.807, 2.05) is 29.8 Å². The van der Waals surface area contributed by atoms with Gasteiger partial charge in [-0.05, 0) is 116 Å². The molecule has 4 saturated carbocycles. The van der Waals surface area contributed by atoms with E-state index in [1.165, 1.54) is 38.5 Å². The number of hydrogen-bond acceptors (Lipinski definition) is 3. The summed E-state index contributed by atoms with van der Waals surface area (Å²) in [6.45, 7) is 0. The molecule has 0 saturated heterocycles. The summed E-state index contributed by atoms with van der Waals surface area (Å²) in [5.41, 5.74) is 6.61. The van der Waals surface area contributed by atoms with Crippen molar-refractivity contribution < 1.29 is 9.90 Å². The number of para-hydroxylation sites is 1. The highest BCUT2D eigenvalue weighted by Gasteiger charge is 2.51. The first-order valence-corrected chi connectivity index (χ1v) is 13.1. The van der Waals surface area contributed by atoms with Crippen LogP contribution in [0.3, 0.4) is 0 Å². The van der Waals surface area contributed by atoms with Crippen LogP contribution >= 0.6 is 0 Å². The molecule has 3 aromatic carbocycles. The molecule has 4 aromatic rings. The van der Waals surface area contributed by atoms with Crippen molar-refractivity contribution in [2.75, 3.05) is 5.32 Å². The Kier molecular flexibility index (Phi) is 4.79. The van der Waals surface area contributed by atoms with Gasteiger partial charge < -0.3 is 15.0 Å². The van der Waals surface area contributed by atoms with Gasteiger partial charge in [0.05, 0.1) is 11.1 Å². The van der Waals surface area contributed by atoms with Gasteiger partial charge in [-0.3, -0.25) is 0 Å². The zero-order valence-electron chi connectivity index (χ0n) is 20.6. The maximum absolute atomic E-state index is 11.6. The van der Waals surface area contributed by atoms with Gasteiger partial charge in [0.15, 0.2) is 0 Å². The second-order valence-electron chi connectivity index (χ2n) is 11.5. The number of nitrogens with one attached hydrogen (secondary N) is 1. The summed E-state index contributed by atoms with van der Waals surface area (Å²) in [5.74, 6) is 2.67. The van der Waals surface area contributed by atoms with Gasteiger partial charge in [-0.1, -0.05) is 18.2 Å². The van der Waals surface area contributed by atoms with Crippen molar-refractivity contribution in [2.24, 2.45) is 24.8 Å². The summed E-state index contributed by atoms with van der Waals surface area (Å²) in [6.07, 6.45) is 8.61. The van der Waals surface area contributed by atoms with Crippen LogP contribution in [0.2, 0.25) is 0 Å². The fourth-order valence-electron chi connectivity index (χ4n) is 7.89. The molecule has 0 spiro atoms. The van der Waals surface area contributed by atoms with Crippen LogP contribution < -0.4 is 5.32 Å². The molecule has 36 heavy (non-hydrogen) atoms. The van der Waals surface area contributed by atoms with Crippen LogP contribution in [0.4, 0.5) is 11.4 Å². The van der Waals surface area contributed by atoms with E-state index < -0.39 is 5.97 Å². The van der Waals surface area contributed by atoms with Gasteiger partial charge in [0.1, 0.15) is 11.3 Å². The zero-order chi connectivity index (χ0) is 24.4. The van der Waals surface area contributed by atoms with Crippen LogP contribution in [0.5, 0.6) is 0 Å². The van der Waals surface area contributed by atoms with E-state index in [0.717, 1.165) is 46.0 Å². The topological polar surface area (TPSA) is 67.2 Å². The van der Waals surface area contributed by atoms with E-state index in [0.29, 0.717) is 10.9 Å². The third-order valence-electron chi connectivity index (χ3n) is 9.11. The Bertz CT molecular complexity index is 1430. The minimum absolute atomic E-state index is 0.227. The van der Waals surface area contributed by atoms with Gasteiger partial charge in [0.2, 0.25) is 0 Å². The fraction of sp³-hybridized carbons (Fsp3) is 0.355. The van der Waals surface area contributed by atoms with Gasteiger partial charge in [-0.2, -0.15) is 0 Å². The second-order valence-corrected chi connectivity index (χ2v) is 11.5. The molecular formula is C31H31N3O2. The molecule has 0 radical (unpaired) electrons. The molecule has 8 rings (SSSR count). The van der Waals surface area contributed by atoms with E-state index in [-0.39, 0.29) is 5.56 Å². The molecule has 5 nitrogen and oxygen atoms in total. The number of nitrogens with zero attached hydrogens (tertiary/aromatic N) is 2. The average molecular weight is 478 g/mol. The summed E-state index contributed by atoms with van der Waals surface area (Å²) in [4.78, 5) is 16.3. The smallest absolute Gasteiger partial charge is 0.337 e. The molecule has 4 aliphatic rings. The molecule has 0 aliphatic heterocycles. The molecule has 2 N–H and O–H groups in total. The number of aromatic nitrogens is 2. The number of hydrogen-bond donors (Lipinski definition) is 2. The molecule has 1 aromatic heterocycles. The van der Waals surface area contributed by atoms with Crippen molar-refractivity contribution in [2.45, 2.75) is 43.9 Å². The van der Waals surface area contributed by atoms with Crippen LogP contribution in [0.25, 0.3) is 22.4 Å². The Balaban J connectivity index is 1.11. The lowest BCUT2D eigenvalue weighted by atomic mass is 9.48. The number of carboxylic acid groups (broad SMARTS) is 1. The highest BCUT2D eigenvalue weighted by molar-refractivity contribution is 6.01. The average Bonchev–Trinajstić information content (AvgIpc) is 3.20. The number of carboxylic acids is 1. The number of anilines is 2. The predicted molar refractivity (Wildman–Crippen MR) is 143 cm³/mol. The largest absolute Gasteiger partial charge is 0.478 e. The Morgan fingerprint density at radius 1 is 0.889 bits per heavy atom. The number of carbonyl (C=O) groups is 1. The lowest BCUT2D eigenvalue weighted by Crippen LogP contribution is -2.48. The molecule has 1 heterocycles. The maximum Gasteiger partial charge on any atom is 0.337 e. The summed E-state index contributed by atoms with van der Waals surface area (Å²) in [6, 6.07) is 22.7. The van der Waals surface area contributed by atoms with Crippen LogP contribution in [-0.4, -0.2) is 20.6 Å². The van der Waals surface area contributed by atoms with E-state index in [4.69, 9.17) is 0 Å². The molecule has 5 heteroatoms. The number of aromatic carboxylic acids is 1. The van der Waals surface area contributed by atoms with Gasteiger partial charge in [-0.15, -0.1) is 0 Å². The van der Waals surface area contributed by atoms with Crippen molar-refractivity contribution in [3.63, 3.8) is 0 Å². The van der Waals surface area contributed by atoms with E-state index in [9.17, 15) is 9.90 Å². The molecule has 4 aliphatic carbocycles. The van der Waals surface area contributed by atoms with Gasteiger partial charge in [-0.25, -0.2) is 9.78 Å². The Morgan fingerprint density at radius 2 is 1.47 bits per heavy atom. The normalized spacial score (nSPS) is 26.4. The van der Waals surface area contributed by atoms with Crippen molar-refractivity contribution in [1.29, 1.82) is 0 Å². The zero-order valence-corrected chi connectivity index (χ0v) is 20.6. The number of imidazole rings is 1. The summed E-state index contributed by atoms with van der Waals surface area (Å²) in [5, 5.41) is 13.1. The molecular weight excluding hydrogens is 446 g/mol. The number of benzene rings is 3. The fourth-order valence-corrected chi connectivity index (χ4v) is 7.89. The lowest BCUT2D eigenvalue weighted by molar-refractivity contribution is -0.00518. The highest BCUT2D eigenvalue weighted by Crippen LogP contribution is 2.60. The molecule has 0 amide bonds. The van der Waals surface area contributed by atoms with Crippen LogP contribution in [-0.2, 0) is 12.5 Å². The predicted octanol–water partition coefficient (Wildman–Crippen LogP) is 7.15. The molecule has 4 bridgehead atoms. The molecule has 4 fully saturated rings. The van der Waals surface area contributed by atoms with Gasteiger partial charge in [0.25, 0.3) is 0 Å². The molecule has 182 valence electrons.